The Bertz CT molecular complexity index is 183. The number of aromatic nitrogens is 2. The van der Waals surface area contributed by atoms with Crippen LogP contribution in [0.3, 0.4) is 0 Å². The molecule has 1 rings (SSSR count). The molecule has 0 unspecified atom stereocenters. The predicted molar refractivity (Wildman–Crippen MR) is 43.0 cm³/mol. The lowest BCUT2D eigenvalue weighted by molar-refractivity contribution is 1.10. The van der Waals surface area contributed by atoms with E-state index in [0.717, 1.165) is 5.69 Å². The van der Waals surface area contributed by atoms with Crippen molar-refractivity contribution in [2.45, 2.75) is 6.92 Å². The van der Waals surface area contributed by atoms with Crippen molar-refractivity contribution in [1.82, 2.24) is 9.97 Å². The molecule has 3 heteroatoms. The monoisotopic (exact) mass is 156 g/mol. The summed E-state index contributed by atoms with van der Waals surface area (Å²) in [5.74, 6) is 0. The minimum absolute atomic E-state index is 0.310. The Balaban J connectivity index is 0.000000371. The molecule has 1 aromatic heterocycles. The second-order valence-electron chi connectivity index (χ2n) is 1.47. The summed E-state index contributed by atoms with van der Waals surface area (Å²) in [6.07, 6.45) is 1.63. The molecule has 0 aromatic carbocycles. The van der Waals surface area contributed by atoms with Crippen LogP contribution < -0.4 is 0 Å². The van der Waals surface area contributed by atoms with Gasteiger partial charge in [-0.2, -0.15) is 0 Å². The molecule has 0 radical (unpaired) electrons. The third-order valence-electron chi connectivity index (χ3n) is 0.765. The van der Waals surface area contributed by atoms with Crippen molar-refractivity contribution in [1.29, 1.82) is 0 Å². The Hall–Kier alpha value is -0.890. The van der Waals surface area contributed by atoms with Gasteiger partial charge in [-0.25, -0.2) is 9.97 Å². The smallest absolute Gasteiger partial charge is 0.222 e. The van der Waals surface area contributed by atoms with E-state index in [0.29, 0.717) is 5.28 Å². The molecule has 0 bridgehead atoms. The second-order valence-corrected chi connectivity index (χ2v) is 1.81. The number of rotatable bonds is 0. The highest BCUT2D eigenvalue weighted by atomic mass is 35.5. The zero-order chi connectivity index (χ0) is 7.98. The number of halogens is 1. The molecular weight excluding hydrogens is 148 g/mol. The maximum absolute atomic E-state index is 5.42. The quantitative estimate of drug-likeness (QED) is 0.425. The molecule has 0 aliphatic carbocycles. The van der Waals surface area contributed by atoms with Crippen LogP contribution in [-0.4, -0.2) is 9.97 Å². The van der Waals surface area contributed by atoms with E-state index in [4.69, 9.17) is 11.6 Å². The highest BCUT2D eigenvalue weighted by molar-refractivity contribution is 6.28. The third kappa shape index (κ3) is 3.20. The zero-order valence-corrected chi connectivity index (χ0v) is 6.60. The van der Waals surface area contributed by atoms with Crippen LogP contribution in [0.2, 0.25) is 5.28 Å². The molecule has 0 fully saturated rings. The van der Waals surface area contributed by atoms with Gasteiger partial charge in [0.2, 0.25) is 5.28 Å². The maximum Gasteiger partial charge on any atom is 0.222 e. The van der Waals surface area contributed by atoms with Crippen molar-refractivity contribution in [3.05, 3.63) is 36.4 Å². The minimum atomic E-state index is 0.310. The van der Waals surface area contributed by atoms with E-state index in [1.807, 2.05) is 6.92 Å². The van der Waals surface area contributed by atoms with Crippen molar-refractivity contribution in [3.63, 3.8) is 0 Å². The van der Waals surface area contributed by atoms with Crippen LogP contribution in [0.15, 0.2) is 25.4 Å². The molecule has 0 amide bonds. The van der Waals surface area contributed by atoms with Crippen LogP contribution in [-0.2, 0) is 0 Å². The van der Waals surface area contributed by atoms with Crippen LogP contribution >= 0.6 is 11.6 Å². The first-order chi connectivity index (χ1) is 4.79. The largest absolute Gasteiger partial charge is 0.227 e. The van der Waals surface area contributed by atoms with Gasteiger partial charge >= 0.3 is 0 Å². The van der Waals surface area contributed by atoms with E-state index in [9.17, 15) is 0 Å². The molecule has 0 saturated carbocycles. The highest BCUT2D eigenvalue weighted by Gasteiger charge is 1.85. The van der Waals surface area contributed by atoms with Crippen LogP contribution in [0, 0.1) is 6.92 Å². The van der Waals surface area contributed by atoms with Gasteiger partial charge in [0.15, 0.2) is 0 Å². The van der Waals surface area contributed by atoms with Gasteiger partial charge in [0.05, 0.1) is 0 Å². The summed E-state index contributed by atoms with van der Waals surface area (Å²) in [7, 11) is 0. The van der Waals surface area contributed by atoms with Gasteiger partial charge < -0.3 is 0 Å². The average Bonchev–Trinajstić information content (AvgIpc) is 1.91. The lowest BCUT2D eigenvalue weighted by atomic mass is 10.5. The van der Waals surface area contributed by atoms with Crippen molar-refractivity contribution >= 4 is 11.6 Å². The zero-order valence-electron chi connectivity index (χ0n) is 5.84. The fourth-order valence-corrected chi connectivity index (χ4v) is 0.608. The summed E-state index contributed by atoms with van der Waals surface area (Å²) in [5, 5.41) is 0.310. The molecule has 0 spiro atoms. The molecule has 0 aliphatic heterocycles. The molecule has 10 heavy (non-hydrogen) atoms. The first-order valence-electron chi connectivity index (χ1n) is 2.74. The third-order valence-corrected chi connectivity index (χ3v) is 0.948. The predicted octanol–water partition coefficient (Wildman–Crippen LogP) is 2.24. The summed E-state index contributed by atoms with van der Waals surface area (Å²) in [6, 6.07) is 1.80. The normalized spacial score (nSPS) is 7.80. The first-order valence-corrected chi connectivity index (χ1v) is 3.12. The summed E-state index contributed by atoms with van der Waals surface area (Å²) in [4.78, 5) is 7.52. The van der Waals surface area contributed by atoms with Gasteiger partial charge in [-0.15, -0.1) is 13.2 Å². The van der Waals surface area contributed by atoms with Crippen LogP contribution in [0.1, 0.15) is 5.69 Å². The van der Waals surface area contributed by atoms with E-state index in [1.165, 1.54) is 0 Å². The van der Waals surface area contributed by atoms with E-state index in [1.54, 1.807) is 12.3 Å². The summed E-state index contributed by atoms with van der Waals surface area (Å²) in [5.41, 5.74) is 0.894. The number of hydrogen-bond donors (Lipinski definition) is 0. The molecule has 0 saturated heterocycles. The van der Waals surface area contributed by atoms with Crippen LogP contribution in [0.5, 0.6) is 0 Å². The van der Waals surface area contributed by atoms with Gasteiger partial charge in [-0.1, -0.05) is 0 Å². The minimum Gasteiger partial charge on any atom is -0.227 e. The fraction of sp³-hybridized carbons (Fsp3) is 0.143. The van der Waals surface area contributed by atoms with Gasteiger partial charge in [-0.05, 0) is 24.6 Å². The first kappa shape index (κ1) is 9.11. The second kappa shape index (κ2) is 4.94. The number of aryl methyl sites for hydroxylation is 1. The average molecular weight is 157 g/mol. The Morgan fingerprint density at radius 1 is 1.50 bits per heavy atom. The summed E-state index contributed by atoms with van der Waals surface area (Å²) in [6.45, 7) is 7.87. The Morgan fingerprint density at radius 2 is 2.10 bits per heavy atom. The van der Waals surface area contributed by atoms with E-state index < -0.39 is 0 Å². The van der Waals surface area contributed by atoms with Gasteiger partial charge in [0, 0.05) is 11.9 Å². The number of hydrogen-bond acceptors (Lipinski definition) is 2. The van der Waals surface area contributed by atoms with Crippen molar-refractivity contribution in [3.8, 4) is 0 Å². The van der Waals surface area contributed by atoms with Gasteiger partial charge in [-0.3, -0.25) is 0 Å². The molecule has 2 nitrogen and oxygen atoms in total. The molecule has 0 aliphatic rings. The number of nitrogens with zero attached hydrogens (tertiary/aromatic N) is 2. The van der Waals surface area contributed by atoms with Crippen LogP contribution in [0.4, 0.5) is 0 Å². The van der Waals surface area contributed by atoms with Gasteiger partial charge in [0.1, 0.15) is 0 Å². The van der Waals surface area contributed by atoms with Crippen molar-refractivity contribution in [2.75, 3.05) is 0 Å². The molecule has 0 atom stereocenters. The van der Waals surface area contributed by atoms with Crippen molar-refractivity contribution < 1.29 is 0 Å². The summed E-state index contributed by atoms with van der Waals surface area (Å²) >= 11 is 5.42. The molecule has 0 N–H and O–H groups in total. The van der Waals surface area contributed by atoms with E-state index in [-0.39, 0.29) is 0 Å². The van der Waals surface area contributed by atoms with E-state index in [2.05, 4.69) is 23.1 Å². The molecule has 1 aromatic rings. The topological polar surface area (TPSA) is 25.8 Å². The van der Waals surface area contributed by atoms with Crippen molar-refractivity contribution in [2.24, 2.45) is 0 Å². The molecule has 1 heterocycles. The SMILES string of the molecule is C=C.Cc1ccnc(Cl)n1. The standard InChI is InChI=1S/C5H5ClN2.C2H4/c1-4-2-3-7-5(6)8-4;1-2/h2-3H,1H3;1-2H2. The van der Waals surface area contributed by atoms with E-state index >= 15 is 0 Å². The lowest BCUT2D eigenvalue weighted by Gasteiger charge is -1.87. The summed E-state index contributed by atoms with van der Waals surface area (Å²) < 4.78 is 0. The van der Waals surface area contributed by atoms with Gasteiger partial charge in [0.25, 0.3) is 0 Å². The lowest BCUT2D eigenvalue weighted by Crippen LogP contribution is -1.82. The fourth-order valence-electron chi connectivity index (χ4n) is 0.418. The molecular formula is C7H9ClN2. The molecule has 54 valence electrons. The maximum atomic E-state index is 5.42. The van der Waals surface area contributed by atoms with Crippen LogP contribution in [0.25, 0.3) is 0 Å². The Labute approximate surface area is 65.6 Å². The Morgan fingerprint density at radius 3 is 2.40 bits per heavy atom. The highest BCUT2D eigenvalue weighted by Crippen LogP contribution is 1.97. The Kier molecular flexibility index (Phi) is 4.50.